The normalized spacial score (nSPS) is 14.4. The maximum Gasteiger partial charge on any atom is 0.293 e. The first-order valence-electron chi connectivity index (χ1n) is 22.8. The number of carbonyl (C=O) groups excluding carboxylic acids is 6. The van der Waals surface area contributed by atoms with Crippen molar-refractivity contribution < 1.29 is 44.1 Å². The Morgan fingerprint density at radius 2 is 0.500 bits per heavy atom. The molecule has 1 aliphatic rings. The second kappa shape index (κ2) is 18.3. The molecule has 1 aliphatic heterocycles. The van der Waals surface area contributed by atoms with Crippen LogP contribution in [-0.2, 0) is 80.5 Å². The lowest BCUT2D eigenvalue weighted by atomic mass is 9.78. The maximum absolute atomic E-state index is 14.2. The van der Waals surface area contributed by atoms with Crippen molar-refractivity contribution in [3.05, 3.63) is 86.5 Å². The van der Waals surface area contributed by atoms with Crippen LogP contribution in [0.15, 0.2) is 36.4 Å². The average Bonchev–Trinajstić information content (AvgIpc) is 3.15. The van der Waals surface area contributed by atoms with Gasteiger partial charge < -0.3 is 30.0 Å². The van der Waals surface area contributed by atoms with Crippen LogP contribution in [0.3, 0.4) is 0 Å². The Hall–Kier alpha value is -5.52. The fourth-order valence-corrected chi connectivity index (χ4v) is 8.27. The van der Waals surface area contributed by atoms with E-state index >= 15 is 0 Å². The number of aromatic hydroxyl groups is 3. The molecule has 12 nitrogen and oxygen atoms in total. The molecule has 0 bridgehead atoms. The third kappa shape index (κ3) is 12.1. The third-order valence-corrected chi connectivity index (χ3v) is 12.1. The van der Waals surface area contributed by atoms with Crippen LogP contribution in [-0.4, -0.2) is 85.1 Å². The minimum Gasteiger partial charge on any atom is -0.507 e. The van der Waals surface area contributed by atoms with Gasteiger partial charge in [0.05, 0.1) is 0 Å². The molecule has 3 amide bonds. The second-order valence-corrected chi connectivity index (χ2v) is 24.4. The zero-order valence-corrected chi connectivity index (χ0v) is 42.8. The quantitative estimate of drug-likeness (QED) is 0.178. The van der Waals surface area contributed by atoms with Gasteiger partial charge in [-0.05, 0) is 82.6 Å². The summed E-state index contributed by atoms with van der Waals surface area (Å²) in [7, 11) is 0. The molecule has 1 saturated heterocycles. The molecule has 12 heteroatoms. The van der Waals surface area contributed by atoms with E-state index in [0.29, 0.717) is 50.1 Å². The van der Waals surface area contributed by atoms with Gasteiger partial charge in [0, 0.05) is 19.3 Å². The van der Waals surface area contributed by atoms with Gasteiger partial charge in [-0.2, -0.15) is 0 Å². The highest BCUT2D eigenvalue weighted by Crippen LogP contribution is 2.43. The Morgan fingerprint density at radius 3 is 0.636 bits per heavy atom. The average molecular weight is 910 g/mol. The molecular weight excluding hydrogens is 835 g/mol. The van der Waals surface area contributed by atoms with Gasteiger partial charge >= 0.3 is 0 Å². The van der Waals surface area contributed by atoms with E-state index < -0.39 is 87.6 Å². The lowest BCUT2D eigenvalue weighted by Gasteiger charge is -2.41. The molecule has 1 heterocycles. The Labute approximate surface area is 392 Å². The molecule has 1 fully saturated rings. The molecule has 66 heavy (non-hydrogen) atoms. The van der Waals surface area contributed by atoms with Gasteiger partial charge in [-0.25, -0.2) is 0 Å². The molecule has 3 N–H and O–H groups in total. The van der Waals surface area contributed by atoms with Crippen molar-refractivity contribution in [3.8, 4) is 17.2 Å². The van der Waals surface area contributed by atoms with E-state index in [1.807, 2.05) is 125 Å². The number of carbonyl (C=O) groups is 6. The predicted molar refractivity (Wildman–Crippen MR) is 258 cm³/mol. The number of Topliss-reactive ketones (excluding diaryl/α,β-unsaturated/α-hetero) is 3. The Bertz CT molecular complexity index is 2060. The Kier molecular flexibility index (Phi) is 14.7. The first kappa shape index (κ1) is 53.1. The van der Waals surface area contributed by atoms with Gasteiger partial charge in [0.25, 0.3) is 17.7 Å². The molecule has 3 aromatic carbocycles. The van der Waals surface area contributed by atoms with Crippen LogP contribution in [0.5, 0.6) is 17.2 Å². The minimum absolute atomic E-state index is 0.110. The summed E-state index contributed by atoms with van der Waals surface area (Å²) < 4.78 is 0. The van der Waals surface area contributed by atoms with Crippen molar-refractivity contribution in [1.29, 1.82) is 0 Å². The Morgan fingerprint density at radius 1 is 0.348 bits per heavy atom. The second-order valence-electron chi connectivity index (χ2n) is 24.4. The van der Waals surface area contributed by atoms with Gasteiger partial charge in [-0.3, -0.25) is 28.8 Å². The van der Waals surface area contributed by atoms with Crippen LogP contribution in [0.2, 0.25) is 0 Å². The number of amides is 3. The molecular formula is C54H75N3O9. The highest BCUT2D eigenvalue weighted by atomic mass is 16.3. The zero-order valence-electron chi connectivity index (χ0n) is 42.8. The van der Waals surface area contributed by atoms with Gasteiger partial charge in [0.1, 0.15) is 37.3 Å². The fourth-order valence-electron chi connectivity index (χ4n) is 8.27. The van der Waals surface area contributed by atoms with Crippen LogP contribution in [0.25, 0.3) is 0 Å². The summed E-state index contributed by atoms with van der Waals surface area (Å²) in [6, 6.07) is 10.2. The number of phenols is 3. The predicted octanol–water partition coefficient (Wildman–Crippen LogP) is 8.70. The van der Waals surface area contributed by atoms with E-state index in [9.17, 15) is 44.1 Å². The van der Waals surface area contributed by atoms with E-state index in [2.05, 4.69) is 0 Å². The largest absolute Gasteiger partial charge is 0.507 e. The molecule has 0 aliphatic carbocycles. The summed E-state index contributed by atoms with van der Waals surface area (Å²) in [5, 5.41) is 33.8. The number of phenolic OH excluding ortho intramolecular Hbond substituents is 3. The van der Waals surface area contributed by atoms with Gasteiger partial charge in [0.15, 0.2) is 0 Å². The first-order chi connectivity index (χ1) is 29.7. The van der Waals surface area contributed by atoms with Crippen molar-refractivity contribution in [2.45, 2.75) is 176 Å². The van der Waals surface area contributed by atoms with E-state index in [0.717, 1.165) is 14.7 Å². The van der Waals surface area contributed by atoms with Gasteiger partial charge in [-0.1, -0.05) is 161 Å². The molecule has 0 saturated carbocycles. The highest BCUT2D eigenvalue weighted by Gasteiger charge is 2.39. The van der Waals surface area contributed by atoms with E-state index in [-0.39, 0.29) is 36.5 Å². The lowest BCUT2D eigenvalue weighted by Crippen LogP contribution is -2.62. The molecule has 0 unspecified atom stereocenters. The lowest BCUT2D eigenvalue weighted by molar-refractivity contribution is -0.166. The molecule has 360 valence electrons. The van der Waals surface area contributed by atoms with Crippen molar-refractivity contribution >= 4 is 35.1 Å². The van der Waals surface area contributed by atoms with E-state index in [1.165, 1.54) is 0 Å². The summed E-state index contributed by atoms with van der Waals surface area (Å²) in [6.07, 6.45) is -1.08. The number of ketones is 3. The van der Waals surface area contributed by atoms with Crippen molar-refractivity contribution in [3.63, 3.8) is 0 Å². The first-order valence-corrected chi connectivity index (χ1v) is 22.8. The van der Waals surface area contributed by atoms with Crippen molar-refractivity contribution in [2.75, 3.05) is 20.0 Å². The topological polar surface area (TPSA) is 173 Å². The molecule has 3 aromatic rings. The zero-order chi connectivity index (χ0) is 50.6. The fraction of sp³-hybridized carbons (Fsp3) is 0.556. The standard InChI is InChI=1S/C54H75N3O9/c1-49(2,3)34-19-31(20-35(43(34)61)50(4,5)6)25-40(58)46(64)55-28-56(47(65)41(59)26-32-21-36(51(7,8)9)44(62)37(22-32)52(10,11)12)30-57(29-55)48(66)42(60)27-33-23-38(53(13,14)15)45(63)39(24-33)54(16,17)18/h19-24,61-63H,25-30H2,1-18H3. The Balaban J connectivity index is 1.75. The minimum atomic E-state index is -1.03. The van der Waals surface area contributed by atoms with E-state index in [4.69, 9.17) is 0 Å². The number of rotatable bonds is 9. The van der Waals surface area contributed by atoms with Gasteiger partial charge in [-0.15, -0.1) is 0 Å². The van der Waals surface area contributed by atoms with Crippen LogP contribution < -0.4 is 0 Å². The molecule has 0 radical (unpaired) electrons. The van der Waals surface area contributed by atoms with Crippen molar-refractivity contribution in [1.82, 2.24) is 14.7 Å². The summed E-state index contributed by atoms with van der Waals surface area (Å²) in [6.45, 7) is 33.2. The van der Waals surface area contributed by atoms with Crippen LogP contribution >= 0.6 is 0 Å². The van der Waals surface area contributed by atoms with E-state index in [1.54, 1.807) is 36.4 Å². The maximum atomic E-state index is 14.2. The number of hydrogen-bond acceptors (Lipinski definition) is 9. The third-order valence-electron chi connectivity index (χ3n) is 12.1. The van der Waals surface area contributed by atoms with Crippen LogP contribution in [0.4, 0.5) is 0 Å². The molecule has 0 spiro atoms. The number of hydrogen-bond donors (Lipinski definition) is 3. The molecule has 0 aromatic heterocycles. The van der Waals surface area contributed by atoms with Gasteiger partial charge in [0.2, 0.25) is 17.3 Å². The molecule has 0 atom stereocenters. The van der Waals surface area contributed by atoms with Crippen LogP contribution in [0, 0.1) is 0 Å². The monoisotopic (exact) mass is 910 g/mol. The summed E-state index contributed by atoms with van der Waals surface area (Å²) in [4.78, 5) is 87.6. The summed E-state index contributed by atoms with van der Waals surface area (Å²) in [5.41, 5.74) is 2.02. The van der Waals surface area contributed by atoms with Crippen LogP contribution in [0.1, 0.15) is 175 Å². The number of benzene rings is 3. The highest BCUT2D eigenvalue weighted by molar-refractivity contribution is 6.39. The SMILES string of the molecule is CC(C)(C)c1cc(CC(=O)C(=O)N2CN(C(=O)C(=O)Cc3cc(C(C)(C)C)c(O)c(C(C)(C)C)c3)CN(C(=O)C(=O)Cc3cc(C(C)(C)C)c(O)c(C(C)(C)C)c3)C2)cc(C(C)(C)C)c1O. The number of nitrogens with zero attached hydrogens (tertiary/aromatic N) is 3. The summed E-state index contributed by atoms with van der Waals surface area (Å²) in [5.74, 6) is -5.33. The summed E-state index contributed by atoms with van der Waals surface area (Å²) >= 11 is 0. The van der Waals surface area contributed by atoms with Crippen molar-refractivity contribution in [2.24, 2.45) is 0 Å². The smallest absolute Gasteiger partial charge is 0.293 e. The molecule has 4 rings (SSSR count).